The van der Waals surface area contributed by atoms with Crippen LogP contribution in [0.3, 0.4) is 0 Å². The van der Waals surface area contributed by atoms with Crippen molar-refractivity contribution in [1.29, 1.82) is 0 Å². The first-order chi connectivity index (χ1) is 8.69. The quantitative estimate of drug-likeness (QED) is 0.746. The lowest BCUT2D eigenvalue weighted by atomic mass is 10.4. The number of hydrogen-bond acceptors (Lipinski definition) is 7. The number of fused-ring (bicyclic) bond motifs is 1. The SMILES string of the molecule is Cc1nc(N)nc2c1ncn2C1COC(CO)O1. The summed E-state index contributed by atoms with van der Waals surface area (Å²) in [5, 5.41) is 8.96. The van der Waals surface area contributed by atoms with Crippen LogP contribution in [0.15, 0.2) is 6.33 Å². The van der Waals surface area contributed by atoms with Crippen molar-refractivity contribution in [2.24, 2.45) is 0 Å². The molecule has 3 N–H and O–H groups in total. The number of imidazole rings is 1. The monoisotopic (exact) mass is 251 g/mol. The van der Waals surface area contributed by atoms with Crippen LogP contribution in [-0.2, 0) is 9.47 Å². The predicted octanol–water partition coefficient (Wildman–Crippen LogP) is -0.419. The number of aliphatic hydroxyl groups is 1. The molecule has 0 saturated carbocycles. The van der Waals surface area contributed by atoms with E-state index in [1.807, 2.05) is 6.92 Å². The minimum absolute atomic E-state index is 0.181. The Morgan fingerprint density at radius 3 is 3.11 bits per heavy atom. The average molecular weight is 251 g/mol. The van der Waals surface area contributed by atoms with E-state index >= 15 is 0 Å². The van der Waals surface area contributed by atoms with Crippen LogP contribution in [0.5, 0.6) is 0 Å². The third-order valence-electron chi connectivity index (χ3n) is 2.81. The fourth-order valence-electron chi connectivity index (χ4n) is 1.97. The van der Waals surface area contributed by atoms with Crippen molar-refractivity contribution in [3.05, 3.63) is 12.0 Å². The standard InChI is InChI=1S/C10H13N5O3/c1-5-8-9(14-10(11)13-5)15(4-12-8)6-3-17-7(2-16)18-6/h4,6-7,16H,2-3H2,1H3,(H2,11,13,14). The number of aryl methyl sites for hydroxylation is 1. The van der Waals surface area contributed by atoms with Crippen LogP contribution in [0.25, 0.3) is 11.2 Å². The molecule has 96 valence electrons. The van der Waals surface area contributed by atoms with Crippen LogP contribution in [0.1, 0.15) is 11.9 Å². The molecule has 8 heteroatoms. The van der Waals surface area contributed by atoms with Crippen molar-refractivity contribution >= 4 is 17.1 Å². The molecule has 0 bridgehead atoms. The van der Waals surface area contributed by atoms with Gasteiger partial charge in [-0.3, -0.25) is 4.57 Å². The molecule has 18 heavy (non-hydrogen) atoms. The molecule has 2 unspecified atom stereocenters. The maximum absolute atomic E-state index is 8.96. The highest BCUT2D eigenvalue weighted by molar-refractivity contribution is 5.74. The molecular formula is C10H13N5O3. The number of anilines is 1. The van der Waals surface area contributed by atoms with Crippen molar-refractivity contribution in [3.8, 4) is 0 Å². The summed E-state index contributed by atoms with van der Waals surface area (Å²) in [5.74, 6) is 0.194. The smallest absolute Gasteiger partial charge is 0.222 e. The first kappa shape index (κ1) is 11.3. The summed E-state index contributed by atoms with van der Waals surface area (Å²) in [6.07, 6.45) is 0.646. The summed E-state index contributed by atoms with van der Waals surface area (Å²) >= 11 is 0. The molecular weight excluding hydrogens is 238 g/mol. The molecule has 0 radical (unpaired) electrons. The zero-order valence-corrected chi connectivity index (χ0v) is 9.78. The summed E-state index contributed by atoms with van der Waals surface area (Å²) in [6, 6.07) is 0. The highest BCUT2D eigenvalue weighted by atomic mass is 16.7. The van der Waals surface area contributed by atoms with Gasteiger partial charge in [-0.25, -0.2) is 9.97 Å². The molecule has 1 saturated heterocycles. The van der Waals surface area contributed by atoms with Gasteiger partial charge in [0, 0.05) is 0 Å². The Morgan fingerprint density at radius 1 is 1.56 bits per heavy atom. The van der Waals surface area contributed by atoms with E-state index in [1.165, 1.54) is 0 Å². The largest absolute Gasteiger partial charge is 0.391 e. The molecule has 3 heterocycles. The Kier molecular flexibility index (Phi) is 2.62. The number of rotatable bonds is 2. The normalized spacial score (nSPS) is 23.9. The number of aliphatic hydroxyl groups excluding tert-OH is 1. The summed E-state index contributed by atoms with van der Waals surface area (Å²) in [7, 11) is 0. The van der Waals surface area contributed by atoms with Crippen molar-refractivity contribution in [3.63, 3.8) is 0 Å². The van der Waals surface area contributed by atoms with Gasteiger partial charge in [0.25, 0.3) is 0 Å². The molecule has 2 aromatic heterocycles. The lowest BCUT2D eigenvalue weighted by Crippen LogP contribution is -2.15. The third kappa shape index (κ3) is 1.70. The van der Waals surface area contributed by atoms with Gasteiger partial charge in [-0.1, -0.05) is 0 Å². The van der Waals surface area contributed by atoms with Crippen LogP contribution >= 0.6 is 0 Å². The van der Waals surface area contributed by atoms with Gasteiger partial charge in [-0.05, 0) is 6.92 Å². The Balaban J connectivity index is 2.03. The lowest BCUT2D eigenvalue weighted by molar-refractivity contribution is -0.0980. The van der Waals surface area contributed by atoms with Crippen molar-refractivity contribution in [1.82, 2.24) is 19.5 Å². The Hall–Kier alpha value is -1.77. The van der Waals surface area contributed by atoms with E-state index in [9.17, 15) is 0 Å². The average Bonchev–Trinajstić information content (AvgIpc) is 2.93. The zero-order valence-electron chi connectivity index (χ0n) is 9.78. The molecule has 8 nitrogen and oxygen atoms in total. The summed E-state index contributed by atoms with van der Waals surface area (Å²) in [5.41, 5.74) is 7.63. The lowest BCUT2D eigenvalue weighted by Gasteiger charge is -2.11. The topological polar surface area (TPSA) is 108 Å². The highest BCUT2D eigenvalue weighted by Crippen LogP contribution is 2.25. The fraction of sp³-hybridized carbons (Fsp3) is 0.500. The minimum Gasteiger partial charge on any atom is -0.391 e. The van der Waals surface area contributed by atoms with Crippen LogP contribution in [0, 0.1) is 6.92 Å². The molecule has 3 rings (SSSR count). The van der Waals surface area contributed by atoms with Crippen LogP contribution < -0.4 is 5.73 Å². The van der Waals surface area contributed by atoms with Crippen molar-refractivity contribution in [2.45, 2.75) is 19.4 Å². The van der Waals surface area contributed by atoms with Gasteiger partial charge in [0.1, 0.15) is 5.52 Å². The first-order valence-corrected chi connectivity index (χ1v) is 5.53. The van der Waals surface area contributed by atoms with E-state index in [2.05, 4.69) is 15.0 Å². The Morgan fingerprint density at radius 2 is 2.39 bits per heavy atom. The summed E-state index contributed by atoms with van der Waals surface area (Å²) in [6.45, 7) is 1.97. The maximum atomic E-state index is 8.96. The number of nitrogens with zero attached hydrogens (tertiary/aromatic N) is 4. The summed E-state index contributed by atoms with van der Waals surface area (Å²) in [4.78, 5) is 12.5. The Bertz CT molecular complexity index is 584. The predicted molar refractivity (Wildman–Crippen MR) is 61.4 cm³/mol. The number of nitrogen functional groups attached to an aromatic ring is 1. The van der Waals surface area contributed by atoms with Gasteiger partial charge in [-0.2, -0.15) is 4.98 Å². The van der Waals surface area contributed by atoms with Crippen LogP contribution in [0.4, 0.5) is 5.95 Å². The molecule has 1 fully saturated rings. The second-order valence-electron chi connectivity index (χ2n) is 4.03. The second kappa shape index (κ2) is 4.16. The van der Waals surface area contributed by atoms with Gasteiger partial charge in [-0.15, -0.1) is 0 Å². The molecule has 2 atom stereocenters. The van der Waals surface area contributed by atoms with Gasteiger partial charge < -0.3 is 20.3 Å². The van der Waals surface area contributed by atoms with E-state index < -0.39 is 6.29 Å². The van der Waals surface area contributed by atoms with Crippen LogP contribution in [0.2, 0.25) is 0 Å². The van der Waals surface area contributed by atoms with E-state index in [4.69, 9.17) is 20.3 Å². The van der Waals surface area contributed by atoms with E-state index in [1.54, 1.807) is 10.9 Å². The Labute approximate surface area is 102 Å². The molecule has 0 spiro atoms. The van der Waals surface area contributed by atoms with Crippen LogP contribution in [-0.4, -0.2) is 44.1 Å². The van der Waals surface area contributed by atoms with Gasteiger partial charge in [0.05, 0.1) is 25.2 Å². The minimum atomic E-state index is -0.604. The van der Waals surface area contributed by atoms with E-state index in [0.29, 0.717) is 23.5 Å². The van der Waals surface area contributed by atoms with Gasteiger partial charge >= 0.3 is 0 Å². The van der Waals surface area contributed by atoms with Crippen molar-refractivity contribution in [2.75, 3.05) is 18.9 Å². The molecule has 0 aliphatic carbocycles. The molecule has 1 aliphatic heterocycles. The second-order valence-corrected chi connectivity index (χ2v) is 4.03. The molecule has 0 aromatic carbocycles. The molecule has 2 aromatic rings. The number of nitrogens with two attached hydrogens (primary N) is 1. The number of hydrogen-bond donors (Lipinski definition) is 2. The number of ether oxygens (including phenoxy) is 2. The number of aromatic nitrogens is 4. The zero-order chi connectivity index (χ0) is 12.7. The van der Waals surface area contributed by atoms with E-state index in [-0.39, 0.29) is 18.8 Å². The molecule has 1 aliphatic rings. The van der Waals surface area contributed by atoms with E-state index in [0.717, 1.165) is 0 Å². The third-order valence-corrected chi connectivity index (χ3v) is 2.81. The summed E-state index contributed by atoms with van der Waals surface area (Å²) < 4.78 is 12.5. The highest BCUT2D eigenvalue weighted by Gasteiger charge is 2.28. The van der Waals surface area contributed by atoms with Gasteiger partial charge in [0.2, 0.25) is 5.95 Å². The van der Waals surface area contributed by atoms with Gasteiger partial charge in [0.15, 0.2) is 18.2 Å². The maximum Gasteiger partial charge on any atom is 0.222 e. The fourth-order valence-corrected chi connectivity index (χ4v) is 1.97. The molecule has 0 amide bonds. The first-order valence-electron chi connectivity index (χ1n) is 5.53. The van der Waals surface area contributed by atoms with Crippen molar-refractivity contribution < 1.29 is 14.6 Å².